The largest absolute Gasteiger partial charge is 0.340 e. The minimum atomic E-state index is -0.833. The van der Waals surface area contributed by atoms with E-state index in [1.54, 1.807) is 23.6 Å². The number of amides is 3. The van der Waals surface area contributed by atoms with Crippen LogP contribution in [0.3, 0.4) is 0 Å². The molecule has 0 radical (unpaired) electrons. The molecule has 0 aliphatic carbocycles. The topological polar surface area (TPSA) is 87.3 Å². The first-order valence-corrected chi connectivity index (χ1v) is 10.8. The summed E-state index contributed by atoms with van der Waals surface area (Å²) in [6.45, 7) is 0. The van der Waals surface area contributed by atoms with E-state index in [4.69, 9.17) is 23.2 Å². The molecule has 0 aliphatic heterocycles. The first-order chi connectivity index (χ1) is 12.9. The van der Waals surface area contributed by atoms with Crippen LogP contribution in [0.25, 0.3) is 0 Å². The smallest absolute Gasteiger partial charge is 0.279 e. The summed E-state index contributed by atoms with van der Waals surface area (Å²) in [5.41, 5.74) is 4.91. The third-order valence-electron chi connectivity index (χ3n) is 3.45. The summed E-state index contributed by atoms with van der Waals surface area (Å²) in [4.78, 5) is 37.3. The maximum atomic E-state index is 12.5. The molecule has 3 amide bonds. The highest BCUT2D eigenvalue weighted by atomic mass is 35.5. The van der Waals surface area contributed by atoms with Crippen LogP contribution in [0.15, 0.2) is 35.7 Å². The first-order valence-electron chi connectivity index (χ1n) is 7.81. The highest BCUT2D eigenvalue weighted by molar-refractivity contribution is 7.98. The van der Waals surface area contributed by atoms with Crippen molar-refractivity contribution in [2.45, 2.75) is 12.5 Å². The molecule has 2 aromatic rings. The van der Waals surface area contributed by atoms with Crippen LogP contribution in [-0.2, 0) is 4.79 Å². The molecule has 144 valence electrons. The Labute approximate surface area is 175 Å². The number of nitrogens with one attached hydrogen (secondary N) is 3. The van der Waals surface area contributed by atoms with Crippen molar-refractivity contribution in [1.29, 1.82) is 0 Å². The summed E-state index contributed by atoms with van der Waals surface area (Å²) in [7, 11) is 0. The Bertz CT molecular complexity index is 816. The molecule has 0 saturated carbocycles. The fourth-order valence-corrected chi connectivity index (χ4v) is 3.67. The Hall–Kier alpha value is -1.74. The monoisotopic (exact) mass is 445 g/mol. The zero-order valence-corrected chi connectivity index (χ0v) is 17.4. The fraction of sp³-hybridized carbons (Fsp3) is 0.235. The van der Waals surface area contributed by atoms with Gasteiger partial charge in [0.2, 0.25) is 0 Å². The zero-order valence-electron chi connectivity index (χ0n) is 14.3. The van der Waals surface area contributed by atoms with Crippen molar-refractivity contribution in [3.05, 3.63) is 56.2 Å². The van der Waals surface area contributed by atoms with Gasteiger partial charge in [-0.05, 0) is 48.1 Å². The van der Waals surface area contributed by atoms with E-state index in [-0.39, 0.29) is 10.6 Å². The summed E-state index contributed by atoms with van der Waals surface area (Å²) in [5.74, 6) is -0.796. The van der Waals surface area contributed by atoms with Crippen LogP contribution < -0.4 is 16.2 Å². The van der Waals surface area contributed by atoms with Crippen molar-refractivity contribution in [3.8, 4) is 0 Å². The molecule has 3 N–H and O–H groups in total. The molecule has 1 atom stereocenters. The predicted molar refractivity (Wildman–Crippen MR) is 111 cm³/mol. The lowest BCUT2D eigenvalue weighted by atomic mass is 10.1. The minimum absolute atomic E-state index is 0.190. The number of halogens is 2. The number of hydrogen-bond acceptors (Lipinski definition) is 5. The van der Waals surface area contributed by atoms with Crippen molar-refractivity contribution in [2.75, 3.05) is 12.0 Å². The van der Waals surface area contributed by atoms with E-state index in [0.29, 0.717) is 22.1 Å². The Morgan fingerprint density at radius 1 is 1.15 bits per heavy atom. The van der Waals surface area contributed by atoms with Gasteiger partial charge < -0.3 is 5.32 Å². The summed E-state index contributed by atoms with van der Waals surface area (Å²) in [6, 6.07) is 7.03. The number of rotatable bonds is 7. The molecule has 1 heterocycles. The fourth-order valence-electron chi connectivity index (χ4n) is 2.09. The van der Waals surface area contributed by atoms with Crippen LogP contribution in [0.1, 0.15) is 26.5 Å². The Kier molecular flexibility index (Phi) is 8.43. The van der Waals surface area contributed by atoms with E-state index in [2.05, 4.69) is 16.2 Å². The molecule has 1 aromatic heterocycles. The molecule has 6 nitrogen and oxygen atoms in total. The predicted octanol–water partition coefficient (Wildman–Crippen LogP) is 3.37. The van der Waals surface area contributed by atoms with Crippen molar-refractivity contribution in [1.82, 2.24) is 16.2 Å². The summed E-state index contributed by atoms with van der Waals surface area (Å²) in [5, 5.41) is 5.00. The van der Waals surface area contributed by atoms with Crippen LogP contribution in [0, 0.1) is 0 Å². The molecule has 1 unspecified atom stereocenters. The van der Waals surface area contributed by atoms with E-state index < -0.39 is 23.8 Å². The van der Waals surface area contributed by atoms with Crippen molar-refractivity contribution < 1.29 is 14.4 Å². The third-order valence-corrected chi connectivity index (χ3v) is 5.51. The number of hydrazine groups is 1. The van der Waals surface area contributed by atoms with Gasteiger partial charge in [0, 0.05) is 5.02 Å². The molecule has 1 aromatic carbocycles. The van der Waals surface area contributed by atoms with Gasteiger partial charge in [-0.3, -0.25) is 25.2 Å². The molecule has 0 bridgehead atoms. The van der Waals surface area contributed by atoms with E-state index in [0.717, 1.165) is 0 Å². The zero-order chi connectivity index (χ0) is 19.8. The molecular formula is C17H17Cl2N3O3S2. The highest BCUT2D eigenvalue weighted by Crippen LogP contribution is 2.21. The van der Waals surface area contributed by atoms with Gasteiger partial charge in [-0.25, -0.2) is 0 Å². The van der Waals surface area contributed by atoms with Gasteiger partial charge >= 0.3 is 0 Å². The quantitative estimate of drug-likeness (QED) is 0.570. The second-order valence-electron chi connectivity index (χ2n) is 5.35. The van der Waals surface area contributed by atoms with Gasteiger partial charge in [0.15, 0.2) is 0 Å². The summed E-state index contributed by atoms with van der Waals surface area (Å²) < 4.78 is 0. The molecule has 27 heavy (non-hydrogen) atoms. The molecule has 0 saturated heterocycles. The molecule has 2 rings (SSSR count). The lowest BCUT2D eigenvalue weighted by Crippen LogP contribution is -2.52. The maximum absolute atomic E-state index is 12.5. The van der Waals surface area contributed by atoms with E-state index in [1.807, 2.05) is 6.26 Å². The highest BCUT2D eigenvalue weighted by Gasteiger charge is 2.23. The minimum Gasteiger partial charge on any atom is -0.340 e. The molecule has 0 aliphatic rings. The van der Waals surface area contributed by atoms with Gasteiger partial charge in [-0.2, -0.15) is 11.8 Å². The molecule has 10 heteroatoms. The number of carbonyl (C=O) groups is 3. The second-order valence-corrected chi connectivity index (χ2v) is 8.13. The average Bonchev–Trinajstić information content (AvgIpc) is 3.17. The standard InChI is InChI=1S/C17H17Cl2N3O3S2/c1-26-8-6-13(16(24)21-22-17(25)14-3-2-7-27-14)20-15(23)11-5-4-10(18)9-12(11)19/h2-5,7,9,13H,6,8H2,1H3,(H,20,23)(H,21,24)(H,22,25). The van der Waals surface area contributed by atoms with E-state index in [9.17, 15) is 14.4 Å². The number of benzene rings is 1. The average molecular weight is 446 g/mol. The molecular weight excluding hydrogens is 429 g/mol. The normalized spacial score (nSPS) is 11.5. The summed E-state index contributed by atoms with van der Waals surface area (Å²) in [6.07, 6.45) is 2.28. The van der Waals surface area contributed by atoms with Crippen molar-refractivity contribution in [2.24, 2.45) is 0 Å². The Morgan fingerprint density at radius 2 is 1.93 bits per heavy atom. The number of hydrogen-bond donors (Lipinski definition) is 3. The van der Waals surface area contributed by atoms with Crippen molar-refractivity contribution in [3.63, 3.8) is 0 Å². The van der Waals surface area contributed by atoms with Crippen LogP contribution in [0.4, 0.5) is 0 Å². The van der Waals surface area contributed by atoms with E-state index in [1.165, 1.54) is 35.2 Å². The third kappa shape index (κ3) is 6.42. The summed E-state index contributed by atoms with van der Waals surface area (Å²) >= 11 is 14.7. The van der Waals surface area contributed by atoms with Gasteiger partial charge in [-0.15, -0.1) is 11.3 Å². The maximum Gasteiger partial charge on any atom is 0.279 e. The van der Waals surface area contributed by atoms with Gasteiger partial charge in [0.1, 0.15) is 6.04 Å². The van der Waals surface area contributed by atoms with Crippen LogP contribution in [-0.4, -0.2) is 35.8 Å². The number of thiophene rings is 1. The van der Waals surface area contributed by atoms with Crippen LogP contribution >= 0.6 is 46.3 Å². The Morgan fingerprint density at radius 3 is 2.56 bits per heavy atom. The van der Waals surface area contributed by atoms with Gasteiger partial charge in [0.05, 0.1) is 15.5 Å². The van der Waals surface area contributed by atoms with Crippen LogP contribution in [0.2, 0.25) is 10.0 Å². The lowest BCUT2D eigenvalue weighted by Gasteiger charge is -2.18. The van der Waals surface area contributed by atoms with E-state index >= 15 is 0 Å². The van der Waals surface area contributed by atoms with Gasteiger partial charge in [-0.1, -0.05) is 29.3 Å². The van der Waals surface area contributed by atoms with Crippen LogP contribution in [0.5, 0.6) is 0 Å². The van der Waals surface area contributed by atoms with Crippen molar-refractivity contribution >= 4 is 64.0 Å². The molecule has 0 fully saturated rings. The SMILES string of the molecule is CSCCC(NC(=O)c1ccc(Cl)cc1Cl)C(=O)NNC(=O)c1cccs1. The number of thioether (sulfide) groups is 1. The lowest BCUT2D eigenvalue weighted by molar-refractivity contribution is -0.123. The second kappa shape index (κ2) is 10.6. The first kappa shape index (κ1) is 21.6. The van der Waals surface area contributed by atoms with Gasteiger partial charge in [0.25, 0.3) is 17.7 Å². The number of carbonyl (C=O) groups excluding carboxylic acids is 3. The Balaban J connectivity index is 2.01. The molecule has 0 spiro atoms.